The van der Waals surface area contributed by atoms with Gasteiger partial charge in [-0.25, -0.2) is 0 Å². The summed E-state index contributed by atoms with van der Waals surface area (Å²) in [5, 5.41) is 0. The maximum atomic E-state index is 2.58. The van der Waals surface area contributed by atoms with Gasteiger partial charge < -0.3 is 4.90 Å². The highest BCUT2D eigenvalue weighted by molar-refractivity contribution is 4.65. The molecular formula is C9H20FN. The second kappa shape index (κ2) is 5.53. The predicted molar refractivity (Wildman–Crippen MR) is 47.6 cm³/mol. The lowest BCUT2D eigenvalue weighted by molar-refractivity contribution is 0.314. The monoisotopic (exact) mass is 161 g/mol. The van der Waals surface area contributed by atoms with E-state index in [-0.39, 0.29) is 4.70 Å². The number of nitrogens with zero attached hydrogens (tertiary/aromatic N) is 1. The third kappa shape index (κ3) is 4.35. The van der Waals surface area contributed by atoms with E-state index in [1.54, 1.807) is 0 Å². The van der Waals surface area contributed by atoms with Crippen molar-refractivity contribution in [3.8, 4) is 0 Å². The smallest absolute Gasteiger partial charge is 0.00163 e. The average molecular weight is 161 g/mol. The molecule has 1 aliphatic heterocycles. The summed E-state index contributed by atoms with van der Waals surface area (Å²) in [6.07, 6.45) is 4.23. The Morgan fingerprint density at radius 2 is 1.73 bits per heavy atom. The van der Waals surface area contributed by atoms with Gasteiger partial charge in [0.15, 0.2) is 0 Å². The molecular weight excluding hydrogens is 141 g/mol. The van der Waals surface area contributed by atoms with Crippen molar-refractivity contribution in [2.24, 2.45) is 5.92 Å². The topological polar surface area (TPSA) is 3.24 Å². The second-order valence-corrected chi connectivity index (χ2v) is 3.73. The van der Waals surface area contributed by atoms with Crippen molar-refractivity contribution in [3.63, 3.8) is 0 Å². The average Bonchev–Trinajstić information content (AvgIpc) is 2.34. The van der Waals surface area contributed by atoms with E-state index in [2.05, 4.69) is 18.7 Å². The van der Waals surface area contributed by atoms with Gasteiger partial charge in [0, 0.05) is 0 Å². The van der Waals surface area contributed by atoms with Crippen LogP contribution in [0.15, 0.2) is 0 Å². The largest absolute Gasteiger partial charge is 0.303 e. The summed E-state index contributed by atoms with van der Waals surface area (Å²) in [4.78, 5) is 2.58. The van der Waals surface area contributed by atoms with E-state index in [1.807, 2.05) is 0 Å². The van der Waals surface area contributed by atoms with E-state index in [4.69, 9.17) is 0 Å². The second-order valence-electron chi connectivity index (χ2n) is 3.73. The number of hydrogen-bond acceptors (Lipinski definition) is 1. The molecule has 1 fully saturated rings. The zero-order valence-corrected chi connectivity index (χ0v) is 7.68. The summed E-state index contributed by atoms with van der Waals surface area (Å²) >= 11 is 0. The minimum Gasteiger partial charge on any atom is -0.303 e. The van der Waals surface area contributed by atoms with Crippen LogP contribution in [0.2, 0.25) is 0 Å². The standard InChI is InChI=1S/C9H19N.FH/c1-9(2)5-8-10-6-3-4-7-10;/h9H,3-8H2,1-2H3;1H. The molecule has 11 heavy (non-hydrogen) atoms. The Bertz CT molecular complexity index is 87.6. The zero-order chi connectivity index (χ0) is 7.40. The molecule has 68 valence electrons. The van der Waals surface area contributed by atoms with Crippen LogP contribution in [0.3, 0.4) is 0 Å². The minimum atomic E-state index is 0. The Labute approximate surface area is 69.1 Å². The van der Waals surface area contributed by atoms with Crippen LogP contribution in [0.25, 0.3) is 0 Å². The molecule has 1 saturated heterocycles. The third-order valence-corrected chi connectivity index (χ3v) is 2.22. The molecule has 0 aromatic rings. The zero-order valence-electron chi connectivity index (χ0n) is 7.68. The Kier molecular flexibility index (Phi) is 5.47. The van der Waals surface area contributed by atoms with Crippen molar-refractivity contribution < 1.29 is 4.70 Å². The fourth-order valence-electron chi connectivity index (χ4n) is 1.45. The lowest BCUT2D eigenvalue weighted by Crippen LogP contribution is -2.21. The van der Waals surface area contributed by atoms with Crippen molar-refractivity contribution in [1.82, 2.24) is 4.90 Å². The van der Waals surface area contributed by atoms with Crippen molar-refractivity contribution in [2.45, 2.75) is 33.1 Å². The number of rotatable bonds is 3. The molecule has 2 heteroatoms. The summed E-state index contributed by atoms with van der Waals surface area (Å²) in [6.45, 7) is 8.64. The van der Waals surface area contributed by atoms with Gasteiger partial charge in [0.2, 0.25) is 0 Å². The van der Waals surface area contributed by atoms with Gasteiger partial charge in [-0.05, 0) is 44.8 Å². The quantitative estimate of drug-likeness (QED) is 0.614. The number of likely N-dealkylation sites (tertiary alicyclic amines) is 1. The molecule has 1 heterocycles. The van der Waals surface area contributed by atoms with Crippen LogP contribution in [0, 0.1) is 5.92 Å². The first-order valence-corrected chi connectivity index (χ1v) is 4.51. The minimum absolute atomic E-state index is 0. The molecule has 0 N–H and O–H groups in total. The van der Waals surface area contributed by atoms with Crippen LogP contribution in [0.1, 0.15) is 33.1 Å². The van der Waals surface area contributed by atoms with Crippen LogP contribution in [-0.2, 0) is 0 Å². The SMILES string of the molecule is CC(C)CCN1CCCC1.F. The van der Waals surface area contributed by atoms with Gasteiger partial charge in [0.1, 0.15) is 0 Å². The van der Waals surface area contributed by atoms with E-state index in [1.165, 1.54) is 38.9 Å². The molecule has 0 spiro atoms. The van der Waals surface area contributed by atoms with Gasteiger partial charge in [-0.1, -0.05) is 13.8 Å². The Hall–Kier alpha value is -0.110. The Morgan fingerprint density at radius 1 is 1.18 bits per heavy atom. The molecule has 0 amide bonds. The summed E-state index contributed by atoms with van der Waals surface area (Å²) in [5.74, 6) is 0.876. The molecule has 1 aliphatic rings. The van der Waals surface area contributed by atoms with Crippen molar-refractivity contribution >= 4 is 0 Å². The molecule has 0 aromatic heterocycles. The molecule has 1 rings (SSSR count). The van der Waals surface area contributed by atoms with Gasteiger partial charge >= 0.3 is 0 Å². The van der Waals surface area contributed by atoms with Gasteiger partial charge in [-0.3, -0.25) is 4.70 Å². The molecule has 0 aromatic carbocycles. The van der Waals surface area contributed by atoms with Crippen molar-refractivity contribution in [3.05, 3.63) is 0 Å². The predicted octanol–water partition coefficient (Wildman–Crippen LogP) is 2.28. The first-order chi connectivity index (χ1) is 4.79. The summed E-state index contributed by atoms with van der Waals surface area (Å²) in [7, 11) is 0. The lowest BCUT2D eigenvalue weighted by Gasteiger charge is -2.15. The Balaban J connectivity index is 0.000001000. The lowest BCUT2D eigenvalue weighted by atomic mass is 10.1. The first-order valence-electron chi connectivity index (χ1n) is 4.51. The van der Waals surface area contributed by atoms with Crippen LogP contribution >= 0.6 is 0 Å². The van der Waals surface area contributed by atoms with E-state index in [0.717, 1.165) is 5.92 Å². The summed E-state index contributed by atoms with van der Waals surface area (Å²) < 4.78 is 0. The number of hydrogen-bond donors (Lipinski definition) is 0. The van der Waals surface area contributed by atoms with Gasteiger partial charge in [-0.2, -0.15) is 0 Å². The van der Waals surface area contributed by atoms with E-state index in [0.29, 0.717) is 0 Å². The molecule has 0 bridgehead atoms. The third-order valence-electron chi connectivity index (χ3n) is 2.22. The fourth-order valence-corrected chi connectivity index (χ4v) is 1.45. The van der Waals surface area contributed by atoms with E-state index >= 15 is 0 Å². The highest BCUT2D eigenvalue weighted by Gasteiger charge is 2.10. The maximum Gasteiger partial charge on any atom is -0.00163 e. The normalized spacial score (nSPS) is 18.8. The van der Waals surface area contributed by atoms with Crippen LogP contribution < -0.4 is 0 Å². The molecule has 0 atom stereocenters. The van der Waals surface area contributed by atoms with Gasteiger partial charge in [0.25, 0.3) is 0 Å². The molecule has 0 radical (unpaired) electrons. The molecule has 0 unspecified atom stereocenters. The maximum absolute atomic E-state index is 2.58. The first kappa shape index (κ1) is 10.9. The molecule has 0 saturated carbocycles. The fraction of sp³-hybridized carbons (Fsp3) is 1.00. The van der Waals surface area contributed by atoms with E-state index in [9.17, 15) is 0 Å². The van der Waals surface area contributed by atoms with Crippen molar-refractivity contribution in [1.29, 1.82) is 0 Å². The van der Waals surface area contributed by atoms with E-state index < -0.39 is 0 Å². The highest BCUT2D eigenvalue weighted by atomic mass is 19.0. The Morgan fingerprint density at radius 3 is 2.18 bits per heavy atom. The van der Waals surface area contributed by atoms with Crippen LogP contribution in [-0.4, -0.2) is 24.5 Å². The van der Waals surface area contributed by atoms with Crippen LogP contribution in [0.5, 0.6) is 0 Å². The molecule has 1 nitrogen and oxygen atoms in total. The molecule has 0 aliphatic carbocycles. The summed E-state index contributed by atoms with van der Waals surface area (Å²) in [5.41, 5.74) is 0. The van der Waals surface area contributed by atoms with Crippen LogP contribution in [0.4, 0.5) is 4.70 Å². The van der Waals surface area contributed by atoms with Gasteiger partial charge in [-0.15, -0.1) is 0 Å². The number of halogens is 1. The van der Waals surface area contributed by atoms with Gasteiger partial charge in [0.05, 0.1) is 0 Å². The highest BCUT2D eigenvalue weighted by Crippen LogP contribution is 2.09. The van der Waals surface area contributed by atoms with Crippen molar-refractivity contribution in [2.75, 3.05) is 19.6 Å². The summed E-state index contributed by atoms with van der Waals surface area (Å²) in [6, 6.07) is 0.